The predicted molar refractivity (Wildman–Crippen MR) is 74.3 cm³/mol. The van der Waals surface area contributed by atoms with Gasteiger partial charge >= 0.3 is 0 Å². The second-order valence-corrected chi connectivity index (χ2v) is 5.84. The molecule has 0 N–H and O–H groups in total. The number of hydrogen-bond donors (Lipinski definition) is 0. The Balaban J connectivity index is 2.20. The van der Waals surface area contributed by atoms with E-state index in [1.807, 2.05) is 18.7 Å². The second kappa shape index (κ2) is 5.13. The van der Waals surface area contributed by atoms with Gasteiger partial charge in [-0.3, -0.25) is 4.79 Å². The van der Waals surface area contributed by atoms with Gasteiger partial charge in [-0.25, -0.2) is 0 Å². The van der Waals surface area contributed by atoms with Crippen LogP contribution in [0.15, 0.2) is 24.3 Å². The van der Waals surface area contributed by atoms with Crippen molar-refractivity contribution in [3.63, 3.8) is 0 Å². The van der Waals surface area contributed by atoms with Gasteiger partial charge in [0.25, 0.3) is 0 Å². The monoisotopic (exact) mass is 245 g/mol. The molecule has 1 aromatic rings. The molecule has 0 unspecified atom stereocenters. The van der Waals surface area contributed by atoms with Crippen molar-refractivity contribution in [1.29, 1.82) is 0 Å². The van der Waals surface area contributed by atoms with Gasteiger partial charge in [0, 0.05) is 18.5 Å². The normalized spacial score (nSPS) is 16.1. The summed E-state index contributed by atoms with van der Waals surface area (Å²) in [5.74, 6) is 0.293. The van der Waals surface area contributed by atoms with Gasteiger partial charge in [0.2, 0.25) is 5.91 Å². The smallest absolute Gasteiger partial charge is 0.228 e. The Kier molecular flexibility index (Phi) is 3.74. The van der Waals surface area contributed by atoms with Crippen LogP contribution in [-0.4, -0.2) is 17.4 Å². The molecular formula is C16H23NO. The first-order valence-electron chi connectivity index (χ1n) is 6.91. The van der Waals surface area contributed by atoms with Crippen molar-refractivity contribution in [1.82, 2.24) is 4.90 Å². The lowest BCUT2D eigenvalue weighted by Crippen LogP contribution is -2.40. The highest BCUT2D eigenvalue weighted by atomic mass is 16.2. The van der Waals surface area contributed by atoms with Crippen molar-refractivity contribution >= 4 is 5.91 Å². The lowest BCUT2D eigenvalue weighted by Gasteiger charge is -2.30. The third-order valence-electron chi connectivity index (χ3n) is 4.10. The van der Waals surface area contributed by atoms with Gasteiger partial charge in [0.05, 0.1) is 0 Å². The van der Waals surface area contributed by atoms with Gasteiger partial charge in [0.1, 0.15) is 0 Å². The maximum absolute atomic E-state index is 12.5. The minimum absolute atomic E-state index is 0.237. The average molecular weight is 245 g/mol. The highest BCUT2D eigenvalue weighted by molar-refractivity contribution is 5.82. The van der Waals surface area contributed by atoms with Gasteiger partial charge in [-0.1, -0.05) is 45.0 Å². The van der Waals surface area contributed by atoms with Crippen molar-refractivity contribution in [3.8, 4) is 0 Å². The molecule has 1 aromatic carbocycles. The molecule has 2 heteroatoms. The molecule has 98 valence electrons. The Bertz CT molecular complexity index is 436. The molecule has 0 radical (unpaired) electrons. The third kappa shape index (κ3) is 2.58. The number of nitrogens with zero attached hydrogens (tertiary/aromatic N) is 1. The van der Waals surface area contributed by atoms with Crippen molar-refractivity contribution < 1.29 is 4.79 Å². The Morgan fingerprint density at radius 3 is 2.61 bits per heavy atom. The lowest BCUT2D eigenvalue weighted by atomic mass is 9.88. The van der Waals surface area contributed by atoms with E-state index in [2.05, 4.69) is 31.2 Å². The summed E-state index contributed by atoms with van der Waals surface area (Å²) < 4.78 is 0. The molecular weight excluding hydrogens is 222 g/mol. The van der Waals surface area contributed by atoms with Crippen LogP contribution in [0.5, 0.6) is 0 Å². The van der Waals surface area contributed by atoms with E-state index in [1.54, 1.807) is 0 Å². The summed E-state index contributed by atoms with van der Waals surface area (Å²) in [5.41, 5.74) is 2.48. The number of hydrogen-bond acceptors (Lipinski definition) is 1. The summed E-state index contributed by atoms with van der Waals surface area (Å²) in [4.78, 5) is 14.6. The molecule has 0 atom stereocenters. The van der Waals surface area contributed by atoms with Gasteiger partial charge in [-0.05, 0) is 30.4 Å². The topological polar surface area (TPSA) is 20.3 Å². The van der Waals surface area contributed by atoms with Gasteiger partial charge in [-0.2, -0.15) is 0 Å². The van der Waals surface area contributed by atoms with E-state index in [0.29, 0.717) is 5.91 Å². The Labute approximate surface area is 110 Å². The van der Waals surface area contributed by atoms with Crippen LogP contribution in [0.2, 0.25) is 0 Å². The molecule has 0 fully saturated rings. The lowest BCUT2D eigenvalue weighted by molar-refractivity contribution is -0.141. The fourth-order valence-corrected chi connectivity index (χ4v) is 2.45. The first kappa shape index (κ1) is 13.1. The van der Waals surface area contributed by atoms with Crippen LogP contribution in [0.25, 0.3) is 0 Å². The molecule has 1 amide bonds. The Morgan fingerprint density at radius 1 is 1.28 bits per heavy atom. The van der Waals surface area contributed by atoms with Crippen LogP contribution in [0.4, 0.5) is 0 Å². The summed E-state index contributed by atoms with van der Waals surface area (Å²) in [6, 6.07) is 8.50. The van der Waals surface area contributed by atoms with E-state index in [1.165, 1.54) is 11.1 Å². The molecule has 18 heavy (non-hydrogen) atoms. The maximum Gasteiger partial charge on any atom is 0.228 e. The van der Waals surface area contributed by atoms with E-state index >= 15 is 0 Å². The van der Waals surface area contributed by atoms with Crippen molar-refractivity contribution in [2.75, 3.05) is 6.54 Å². The Morgan fingerprint density at radius 2 is 1.94 bits per heavy atom. The van der Waals surface area contributed by atoms with Crippen LogP contribution < -0.4 is 0 Å². The highest BCUT2D eigenvalue weighted by Gasteiger charge is 2.31. The largest absolute Gasteiger partial charge is 0.338 e. The summed E-state index contributed by atoms with van der Waals surface area (Å²) in [6.07, 6.45) is 3.05. The number of aryl methyl sites for hydroxylation is 1. The third-order valence-corrected chi connectivity index (χ3v) is 4.10. The van der Waals surface area contributed by atoms with E-state index in [4.69, 9.17) is 0 Å². The molecule has 2 rings (SSSR count). The molecule has 0 aliphatic carbocycles. The number of benzene rings is 1. The highest BCUT2D eigenvalue weighted by Crippen LogP contribution is 2.26. The van der Waals surface area contributed by atoms with Crippen LogP contribution in [-0.2, 0) is 17.8 Å². The molecule has 1 aliphatic rings. The first-order chi connectivity index (χ1) is 8.54. The van der Waals surface area contributed by atoms with Crippen LogP contribution >= 0.6 is 0 Å². The molecule has 2 nitrogen and oxygen atoms in total. The van der Waals surface area contributed by atoms with Crippen molar-refractivity contribution in [2.45, 2.75) is 46.6 Å². The molecule has 0 spiro atoms. The van der Waals surface area contributed by atoms with E-state index < -0.39 is 0 Å². The molecule has 1 aliphatic heterocycles. The summed E-state index contributed by atoms with van der Waals surface area (Å²) in [6.45, 7) is 7.84. The zero-order valence-electron chi connectivity index (χ0n) is 11.7. The summed E-state index contributed by atoms with van der Waals surface area (Å²) in [5, 5.41) is 0. The predicted octanol–water partition coefficient (Wildman–Crippen LogP) is 3.40. The standard InChI is InChI=1S/C16H23NO/c1-4-16(2,3)15(18)17-11-7-10-13-8-5-6-9-14(13)12-17/h5-6,8-9H,4,7,10-12H2,1-3H3. The van der Waals surface area contributed by atoms with Gasteiger partial charge in [0.15, 0.2) is 0 Å². The number of carbonyl (C=O) groups is 1. The molecule has 0 aromatic heterocycles. The minimum Gasteiger partial charge on any atom is -0.338 e. The second-order valence-electron chi connectivity index (χ2n) is 5.84. The van der Waals surface area contributed by atoms with Gasteiger partial charge in [-0.15, -0.1) is 0 Å². The molecule has 0 bridgehead atoms. The zero-order chi connectivity index (χ0) is 13.2. The van der Waals surface area contributed by atoms with Crippen LogP contribution in [0.3, 0.4) is 0 Å². The average Bonchev–Trinajstić information content (AvgIpc) is 2.59. The number of amides is 1. The van der Waals surface area contributed by atoms with E-state index in [-0.39, 0.29) is 5.41 Å². The molecule has 0 saturated heterocycles. The fraction of sp³-hybridized carbons (Fsp3) is 0.562. The van der Waals surface area contributed by atoms with E-state index in [0.717, 1.165) is 32.4 Å². The Hall–Kier alpha value is -1.31. The van der Waals surface area contributed by atoms with Crippen molar-refractivity contribution in [2.24, 2.45) is 5.41 Å². The number of fused-ring (bicyclic) bond motifs is 1. The fourth-order valence-electron chi connectivity index (χ4n) is 2.45. The maximum atomic E-state index is 12.5. The minimum atomic E-state index is -0.237. The van der Waals surface area contributed by atoms with Crippen molar-refractivity contribution in [3.05, 3.63) is 35.4 Å². The number of carbonyl (C=O) groups excluding carboxylic acids is 1. The summed E-state index contributed by atoms with van der Waals surface area (Å²) >= 11 is 0. The van der Waals surface area contributed by atoms with Crippen LogP contribution in [0, 0.1) is 5.41 Å². The molecule has 1 heterocycles. The SMILES string of the molecule is CCC(C)(C)C(=O)N1CCCc2ccccc2C1. The quantitative estimate of drug-likeness (QED) is 0.782. The zero-order valence-corrected chi connectivity index (χ0v) is 11.7. The summed E-state index contributed by atoms with van der Waals surface area (Å²) in [7, 11) is 0. The number of rotatable bonds is 2. The van der Waals surface area contributed by atoms with Gasteiger partial charge < -0.3 is 4.90 Å². The van der Waals surface area contributed by atoms with E-state index in [9.17, 15) is 4.79 Å². The van der Waals surface area contributed by atoms with Crippen LogP contribution in [0.1, 0.15) is 44.7 Å². The molecule has 0 saturated carbocycles. The first-order valence-corrected chi connectivity index (χ1v) is 6.91.